The molecule has 0 atom stereocenters. The first-order chi connectivity index (χ1) is 13.2. The van der Waals surface area contributed by atoms with Crippen LogP contribution in [0.4, 0.5) is 10.5 Å². The van der Waals surface area contributed by atoms with Crippen molar-refractivity contribution in [1.82, 2.24) is 5.32 Å². The molecule has 0 aromatic heterocycles. The standard InChI is InChI=1S/C22H30N2O4/c1-14-9-8-10-16(22(2,3)4)19(14)24-21(25)23-13-15-11-17(26-5)20(28-7)18(12-15)27-6/h8-12H,13H2,1-7H3,(H2,23,24,25). The second kappa shape index (κ2) is 8.87. The Labute approximate surface area is 167 Å². The first-order valence-corrected chi connectivity index (χ1v) is 9.15. The highest BCUT2D eigenvalue weighted by Gasteiger charge is 2.20. The molecule has 2 N–H and O–H groups in total. The minimum Gasteiger partial charge on any atom is -0.493 e. The summed E-state index contributed by atoms with van der Waals surface area (Å²) in [5.41, 5.74) is 3.72. The zero-order valence-corrected chi connectivity index (χ0v) is 17.7. The Morgan fingerprint density at radius 3 is 2.11 bits per heavy atom. The molecule has 0 saturated carbocycles. The maximum atomic E-state index is 12.5. The minimum atomic E-state index is -0.270. The topological polar surface area (TPSA) is 68.8 Å². The number of anilines is 1. The first-order valence-electron chi connectivity index (χ1n) is 9.15. The number of carbonyl (C=O) groups excluding carboxylic acids is 1. The van der Waals surface area contributed by atoms with Gasteiger partial charge in [-0.05, 0) is 41.2 Å². The van der Waals surface area contributed by atoms with Crippen molar-refractivity contribution in [2.75, 3.05) is 26.6 Å². The lowest BCUT2D eigenvalue weighted by Crippen LogP contribution is -2.30. The van der Waals surface area contributed by atoms with E-state index in [1.807, 2.05) is 37.3 Å². The van der Waals surface area contributed by atoms with E-state index < -0.39 is 0 Å². The van der Waals surface area contributed by atoms with Crippen LogP contribution in [0.1, 0.15) is 37.5 Å². The second-order valence-corrected chi connectivity index (χ2v) is 7.59. The van der Waals surface area contributed by atoms with Gasteiger partial charge in [0.2, 0.25) is 5.75 Å². The van der Waals surface area contributed by atoms with E-state index in [0.717, 1.165) is 22.4 Å². The minimum absolute atomic E-state index is 0.0780. The van der Waals surface area contributed by atoms with Crippen LogP contribution in [0.2, 0.25) is 0 Å². The molecule has 2 amide bonds. The molecule has 6 heteroatoms. The molecule has 6 nitrogen and oxygen atoms in total. The molecular weight excluding hydrogens is 356 g/mol. The molecule has 0 aliphatic carbocycles. The molecule has 28 heavy (non-hydrogen) atoms. The van der Waals surface area contributed by atoms with Gasteiger partial charge in [-0.25, -0.2) is 4.79 Å². The summed E-state index contributed by atoms with van der Waals surface area (Å²) in [6.45, 7) is 8.69. The summed E-state index contributed by atoms with van der Waals surface area (Å²) in [6, 6.07) is 9.40. The smallest absolute Gasteiger partial charge is 0.319 e. The number of hydrogen-bond acceptors (Lipinski definition) is 4. The van der Waals surface area contributed by atoms with Gasteiger partial charge in [0.15, 0.2) is 11.5 Å². The third-order valence-electron chi connectivity index (χ3n) is 4.50. The number of carbonyl (C=O) groups is 1. The van der Waals surface area contributed by atoms with E-state index in [1.165, 1.54) is 0 Å². The fourth-order valence-corrected chi connectivity index (χ4v) is 3.04. The zero-order chi connectivity index (χ0) is 20.9. The monoisotopic (exact) mass is 386 g/mol. The number of hydrogen-bond donors (Lipinski definition) is 2. The summed E-state index contributed by atoms with van der Waals surface area (Å²) in [5.74, 6) is 1.62. The van der Waals surface area contributed by atoms with Gasteiger partial charge in [-0.3, -0.25) is 0 Å². The Morgan fingerprint density at radius 1 is 1.00 bits per heavy atom. The lowest BCUT2D eigenvalue weighted by Gasteiger charge is -2.24. The molecule has 0 bridgehead atoms. The highest BCUT2D eigenvalue weighted by Crippen LogP contribution is 2.38. The van der Waals surface area contributed by atoms with Gasteiger partial charge in [-0.15, -0.1) is 0 Å². The number of benzene rings is 2. The van der Waals surface area contributed by atoms with Gasteiger partial charge in [0.1, 0.15) is 0 Å². The summed E-state index contributed by atoms with van der Waals surface area (Å²) < 4.78 is 16.0. The normalized spacial score (nSPS) is 11.0. The van der Waals surface area contributed by atoms with Gasteiger partial charge in [0.25, 0.3) is 0 Å². The largest absolute Gasteiger partial charge is 0.493 e. The quantitative estimate of drug-likeness (QED) is 0.759. The molecule has 0 spiro atoms. The van der Waals surface area contributed by atoms with Crippen LogP contribution < -0.4 is 24.8 Å². The van der Waals surface area contributed by atoms with Crippen LogP contribution >= 0.6 is 0 Å². The van der Waals surface area contributed by atoms with E-state index in [0.29, 0.717) is 23.8 Å². The van der Waals surface area contributed by atoms with Crippen LogP contribution in [0.15, 0.2) is 30.3 Å². The van der Waals surface area contributed by atoms with Crippen molar-refractivity contribution < 1.29 is 19.0 Å². The predicted molar refractivity (Wildman–Crippen MR) is 112 cm³/mol. The van der Waals surface area contributed by atoms with E-state index in [9.17, 15) is 4.79 Å². The third kappa shape index (κ3) is 4.88. The van der Waals surface area contributed by atoms with Gasteiger partial charge in [0.05, 0.1) is 21.3 Å². The summed E-state index contributed by atoms with van der Waals surface area (Å²) >= 11 is 0. The Bertz CT molecular complexity index is 816. The lowest BCUT2D eigenvalue weighted by atomic mass is 9.84. The lowest BCUT2D eigenvalue weighted by molar-refractivity contribution is 0.251. The molecule has 0 aliphatic rings. The van der Waals surface area contributed by atoms with Gasteiger partial charge in [-0.1, -0.05) is 39.0 Å². The number of urea groups is 1. The molecule has 2 aromatic carbocycles. The van der Waals surface area contributed by atoms with E-state index >= 15 is 0 Å². The van der Waals surface area contributed by atoms with Crippen molar-refractivity contribution in [1.29, 1.82) is 0 Å². The molecule has 0 aliphatic heterocycles. The average Bonchev–Trinajstić information content (AvgIpc) is 2.66. The van der Waals surface area contributed by atoms with Crippen LogP contribution in [0.25, 0.3) is 0 Å². The van der Waals surface area contributed by atoms with E-state index in [1.54, 1.807) is 21.3 Å². The zero-order valence-electron chi connectivity index (χ0n) is 17.7. The van der Waals surface area contributed by atoms with Crippen LogP contribution in [-0.4, -0.2) is 27.4 Å². The van der Waals surface area contributed by atoms with E-state index in [-0.39, 0.29) is 11.4 Å². The molecule has 0 unspecified atom stereocenters. The van der Waals surface area contributed by atoms with Crippen molar-refractivity contribution in [2.45, 2.75) is 39.7 Å². The van der Waals surface area contributed by atoms with E-state index in [4.69, 9.17) is 14.2 Å². The SMILES string of the molecule is COc1cc(CNC(=O)Nc2c(C)cccc2C(C)(C)C)cc(OC)c1OC. The molecule has 152 valence electrons. The maximum absolute atomic E-state index is 12.5. The van der Waals surface area contributed by atoms with Gasteiger partial charge in [-0.2, -0.15) is 0 Å². The van der Waals surface area contributed by atoms with Crippen molar-refractivity contribution in [3.8, 4) is 17.2 Å². The van der Waals surface area contributed by atoms with E-state index in [2.05, 4.69) is 31.4 Å². The molecule has 0 radical (unpaired) electrons. The fraction of sp³-hybridized carbons (Fsp3) is 0.409. The Kier molecular flexibility index (Phi) is 6.78. The van der Waals surface area contributed by atoms with Crippen LogP contribution in [-0.2, 0) is 12.0 Å². The van der Waals surface area contributed by atoms with Gasteiger partial charge < -0.3 is 24.8 Å². The number of rotatable bonds is 6. The van der Waals surface area contributed by atoms with Crippen molar-refractivity contribution >= 4 is 11.7 Å². The van der Waals surface area contributed by atoms with Gasteiger partial charge >= 0.3 is 6.03 Å². The number of amides is 2. The summed E-state index contributed by atoms with van der Waals surface area (Å²) in [4.78, 5) is 12.5. The molecule has 2 rings (SSSR count). The molecule has 2 aromatic rings. The van der Waals surface area contributed by atoms with Crippen LogP contribution in [0, 0.1) is 6.92 Å². The Morgan fingerprint density at radius 2 is 1.61 bits per heavy atom. The summed E-state index contributed by atoms with van der Waals surface area (Å²) in [6.07, 6.45) is 0. The Hall–Kier alpha value is -2.89. The Balaban J connectivity index is 2.16. The van der Waals surface area contributed by atoms with Crippen molar-refractivity contribution in [3.63, 3.8) is 0 Å². The number of aryl methyl sites for hydroxylation is 1. The highest BCUT2D eigenvalue weighted by atomic mass is 16.5. The van der Waals surface area contributed by atoms with Crippen LogP contribution in [0.5, 0.6) is 17.2 Å². The fourth-order valence-electron chi connectivity index (χ4n) is 3.04. The maximum Gasteiger partial charge on any atom is 0.319 e. The number of methoxy groups -OCH3 is 3. The summed E-state index contributed by atoms with van der Waals surface area (Å²) in [7, 11) is 4.68. The molecular formula is C22H30N2O4. The average molecular weight is 386 g/mol. The molecule has 0 fully saturated rings. The van der Waals surface area contributed by atoms with Crippen molar-refractivity contribution in [3.05, 3.63) is 47.0 Å². The van der Waals surface area contributed by atoms with Crippen molar-refractivity contribution in [2.24, 2.45) is 0 Å². The number of ether oxygens (including phenoxy) is 3. The highest BCUT2D eigenvalue weighted by molar-refractivity contribution is 5.91. The number of para-hydroxylation sites is 1. The second-order valence-electron chi connectivity index (χ2n) is 7.59. The third-order valence-corrected chi connectivity index (χ3v) is 4.50. The molecule has 0 saturated heterocycles. The number of nitrogens with one attached hydrogen (secondary N) is 2. The van der Waals surface area contributed by atoms with Gasteiger partial charge in [0, 0.05) is 12.2 Å². The molecule has 0 heterocycles. The predicted octanol–water partition coefficient (Wildman–Crippen LogP) is 4.64. The van der Waals surface area contributed by atoms with Crippen LogP contribution in [0.3, 0.4) is 0 Å². The summed E-state index contributed by atoms with van der Waals surface area (Å²) in [5, 5.41) is 5.89. The first kappa shape index (κ1) is 21.4.